The zero-order valence-electron chi connectivity index (χ0n) is 17.5. The summed E-state index contributed by atoms with van der Waals surface area (Å²) in [7, 11) is 1.94. The number of hydrogen-bond acceptors (Lipinski definition) is 7. The molecule has 170 valence electrons. The molecule has 3 heterocycles. The molecule has 0 radical (unpaired) electrons. The normalized spacial score (nSPS) is 23.3. The molecule has 1 unspecified atom stereocenters. The van der Waals surface area contributed by atoms with Crippen LogP contribution in [0.3, 0.4) is 0 Å². The van der Waals surface area contributed by atoms with Gasteiger partial charge in [0, 0.05) is 24.7 Å². The molecule has 3 aromatic rings. The molecule has 1 aliphatic heterocycles. The summed E-state index contributed by atoms with van der Waals surface area (Å²) in [6, 6.07) is 5.76. The zero-order valence-corrected chi connectivity index (χ0v) is 19.2. The molecule has 2 aliphatic rings. The van der Waals surface area contributed by atoms with E-state index in [-0.39, 0.29) is 5.41 Å². The number of nitrogens with zero attached hydrogens (tertiary/aromatic N) is 6. The fraction of sp³-hybridized carbons (Fsp3) is 0.524. The van der Waals surface area contributed by atoms with Gasteiger partial charge in [0.25, 0.3) is 0 Å². The van der Waals surface area contributed by atoms with Crippen LogP contribution >= 0.6 is 23.3 Å². The van der Waals surface area contributed by atoms with E-state index in [4.69, 9.17) is 0 Å². The fourth-order valence-corrected chi connectivity index (χ4v) is 6.00. The Morgan fingerprint density at radius 2 is 2.00 bits per heavy atom. The van der Waals surface area contributed by atoms with Crippen LogP contribution in [-0.2, 0) is 13.2 Å². The van der Waals surface area contributed by atoms with Gasteiger partial charge in [-0.25, -0.2) is 0 Å². The van der Waals surface area contributed by atoms with Crippen LogP contribution in [0.4, 0.5) is 13.2 Å². The van der Waals surface area contributed by atoms with Crippen molar-refractivity contribution < 1.29 is 13.2 Å². The lowest BCUT2D eigenvalue weighted by Gasteiger charge is -2.16. The molecule has 1 saturated carbocycles. The van der Waals surface area contributed by atoms with Crippen molar-refractivity contribution in [3.05, 3.63) is 40.8 Å². The molecule has 11 heteroatoms. The Kier molecular flexibility index (Phi) is 5.75. The van der Waals surface area contributed by atoms with Crippen molar-refractivity contribution in [1.29, 1.82) is 0 Å². The molecule has 2 atom stereocenters. The molecule has 2 fully saturated rings. The monoisotopic (exact) mass is 480 g/mol. The number of hydrogen-bond donors (Lipinski definition) is 0. The third-order valence-electron chi connectivity index (χ3n) is 6.57. The van der Waals surface area contributed by atoms with Gasteiger partial charge >= 0.3 is 6.18 Å². The maximum atomic E-state index is 12.8. The molecule has 1 saturated heterocycles. The van der Waals surface area contributed by atoms with Gasteiger partial charge in [-0.15, -0.1) is 15.3 Å². The smallest absolute Gasteiger partial charge is 0.304 e. The van der Waals surface area contributed by atoms with Gasteiger partial charge in [-0.05, 0) is 72.9 Å². The highest BCUT2D eigenvalue weighted by atomic mass is 32.2. The molecule has 32 heavy (non-hydrogen) atoms. The first-order valence-electron chi connectivity index (χ1n) is 10.5. The number of alkyl halides is 3. The lowest BCUT2D eigenvalue weighted by molar-refractivity contribution is -0.137. The summed E-state index contributed by atoms with van der Waals surface area (Å²) in [4.78, 5) is 2.49. The quantitative estimate of drug-likeness (QED) is 0.361. The van der Waals surface area contributed by atoms with E-state index in [1.165, 1.54) is 23.7 Å². The number of aromatic nitrogens is 5. The number of halogens is 3. The van der Waals surface area contributed by atoms with Gasteiger partial charge in [0.2, 0.25) is 0 Å². The van der Waals surface area contributed by atoms with Gasteiger partial charge in [0.1, 0.15) is 5.69 Å². The summed E-state index contributed by atoms with van der Waals surface area (Å²) in [6.07, 6.45) is -1.02. The summed E-state index contributed by atoms with van der Waals surface area (Å²) in [5, 5.41) is 15.3. The molecule has 0 bridgehead atoms. The number of thioether (sulfide) groups is 1. The first kappa shape index (κ1) is 21.8. The Morgan fingerprint density at radius 1 is 1.19 bits per heavy atom. The summed E-state index contributed by atoms with van der Waals surface area (Å²) in [6.45, 7) is 3.12. The lowest BCUT2D eigenvalue weighted by atomic mass is 9.97. The second kappa shape index (κ2) is 8.42. The predicted octanol–water partition coefficient (Wildman–Crippen LogP) is 4.71. The Balaban J connectivity index is 1.08. The van der Waals surface area contributed by atoms with E-state index in [1.54, 1.807) is 23.9 Å². The van der Waals surface area contributed by atoms with Gasteiger partial charge in [0.15, 0.2) is 11.0 Å². The van der Waals surface area contributed by atoms with Crippen molar-refractivity contribution >= 4 is 23.3 Å². The Bertz CT molecular complexity index is 1070. The van der Waals surface area contributed by atoms with Crippen molar-refractivity contribution in [3.8, 4) is 11.5 Å². The standard InChI is InChI=1S/C21H23F3N6S2/c1-29-18(17-12-32-28-25-17)26-27-19(29)31-10-2-8-30-9-7-20(13-30)11-16(20)14-3-5-15(6-4-14)21(22,23)24/h3-6,12,16H,2,7-11,13H2,1H3/t16?,20-/m1/s1. The molecule has 5 rings (SSSR count). The van der Waals surface area contributed by atoms with Gasteiger partial charge in [-0.3, -0.25) is 0 Å². The van der Waals surface area contributed by atoms with Crippen molar-refractivity contribution in [2.45, 2.75) is 36.5 Å². The number of likely N-dealkylation sites (tertiary alicyclic amines) is 1. The van der Waals surface area contributed by atoms with Crippen LogP contribution < -0.4 is 0 Å². The maximum absolute atomic E-state index is 12.8. The van der Waals surface area contributed by atoms with Crippen LogP contribution in [0.2, 0.25) is 0 Å². The lowest BCUT2D eigenvalue weighted by Crippen LogP contribution is -2.23. The van der Waals surface area contributed by atoms with Gasteiger partial charge < -0.3 is 9.47 Å². The van der Waals surface area contributed by atoms with Gasteiger partial charge in [-0.2, -0.15) is 13.2 Å². The molecule has 1 aliphatic carbocycles. The van der Waals surface area contributed by atoms with Crippen molar-refractivity contribution in [1.82, 2.24) is 29.3 Å². The molecule has 1 spiro atoms. The topological polar surface area (TPSA) is 59.7 Å². The van der Waals surface area contributed by atoms with E-state index in [0.717, 1.165) is 66.9 Å². The minimum atomic E-state index is -4.27. The highest BCUT2D eigenvalue weighted by Crippen LogP contribution is 2.64. The third-order valence-corrected chi connectivity index (χ3v) is 8.18. The second-order valence-electron chi connectivity index (χ2n) is 8.62. The largest absolute Gasteiger partial charge is 0.416 e. The van der Waals surface area contributed by atoms with E-state index in [2.05, 4.69) is 24.7 Å². The first-order chi connectivity index (χ1) is 15.4. The summed E-state index contributed by atoms with van der Waals surface area (Å²) in [5.74, 6) is 2.07. The summed E-state index contributed by atoms with van der Waals surface area (Å²) in [5.41, 5.74) is 1.47. The van der Waals surface area contributed by atoms with Crippen molar-refractivity contribution in [3.63, 3.8) is 0 Å². The molecule has 0 N–H and O–H groups in total. The third kappa shape index (κ3) is 4.29. The molecular weight excluding hydrogens is 457 g/mol. The zero-order chi connectivity index (χ0) is 22.3. The summed E-state index contributed by atoms with van der Waals surface area (Å²) >= 11 is 2.98. The van der Waals surface area contributed by atoms with Crippen LogP contribution in [0.5, 0.6) is 0 Å². The summed E-state index contributed by atoms with van der Waals surface area (Å²) < 4.78 is 44.2. The highest BCUT2D eigenvalue weighted by molar-refractivity contribution is 7.99. The molecular formula is C21H23F3N6S2. The van der Waals surface area contributed by atoms with Gasteiger partial charge in [0.05, 0.1) is 5.56 Å². The molecule has 1 aromatic carbocycles. The Labute approximate surface area is 192 Å². The molecule has 6 nitrogen and oxygen atoms in total. The van der Waals surface area contributed by atoms with E-state index < -0.39 is 11.7 Å². The number of benzene rings is 1. The second-order valence-corrected chi connectivity index (χ2v) is 10.3. The van der Waals surface area contributed by atoms with Crippen LogP contribution in [0.1, 0.15) is 36.3 Å². The van der Waals surface area contributed by atoms with Crippen LogP contribution in [-0.4, -0.2) is 54.6 Å². The van der Waals surface area contributed by atoms with E-state index in [1.807, 2.05) is 17.0 Å². The van der Waals surface area contributed by atoms with Gasteiger partial charge in [-0.1, -0.05) is 28.4 Å². The van der Waals surface area contributed by atoms with E-state index >= 15 is 0 Å². The molecule has 0 amide bonds. The fourth-order valence-electron chi connectivity index (χ4n) is 4.73. The minimum Gasteiger partial charge on any atom is -0.304 e. The van der Waals surface area contributed by atoms with Crippen LogP contribution in [0.25, 0.3) is 11.5 Å². The van der Waals surface area contributed by atoms with E-state index in [0.29, 0.717) is 5.92 Å². The predicted molar refractivity (Wildman–Crippen MR) is 118 cm³/mol. The average molecular weight is 481 g/mol. The van der Waals surface area contributed by atoms with E-state index in [9.17, 15) is 13.2 Å². The van der Waals surface area contributed by atoms with Crippen LogP contribution in [0.15, 0.2) is 34.8 Å². The van der Waals surface area contributed by atoms with Crippen molar-refractivity contribution in [2.24, 2.45) is 12.5 Å². The Morgan fingerprint density at radius 3 is 2.72 bits per heavy atom. The average Bonchev–Trinajstić information content (AvgIpc) is 3.16. The minimum absolute atomic E-state index is 0.257. The van der Waals surface area contributed by atoms with Crippen LogP contribution in [0, 0.1) is 5.41 Å². The van der Waals surface area contributed by atoms with Crippen molar-refractivity contribution in [2.75, 3.05) is 25.4 Å². The first-order valence-corrected chi connectivity index (χ1v) is 12.4. The highest BCUT2D eigenvalue weighted by Gasteiger charge is 2.57. The number of rotatable bonds is 7. The SMILES string of the molecule is Cn1c(SCCCN2CC[C@@]3(CC3c3ccc(C(F)(F)F)cc3)C2)nnc1-c1csnn1. The Hall–Kier alpha value is -1.98. The maximum Gasteiger partial charge on any atom is 0.416 e. The molecule has 2 aromatic heterocycles.